The number of amidine groups is 1. The van der Waals surface area contributed by atoms with Crippen LogP contribution in [0.25, 0.3) is 0 Å². The molecule has 2 amide bonds. The van der Waals surface area contributed by atoms with Gasteiger partial charge >= 0.3 is 0 Å². The summed E-state index contributed by atoms with van der Waals surface area (Å²) in [4.78, 5) is 27.5. The van der Waals surface area contributed by atoms with Gasteiger partial charge in [0, 0.05) is 22.6 Å². The molecule has 1 heterocycles. The summed E-state index contributed by atoms with van der Waals surface area (Å²) in [7, 11) is -4.00. The van der Waals surface area contributed by atoms with Crippen LogP contribution >= 0.6 is 27.7 Å². The minimum Gasteiger partial charge on any atom is -0.326 e. The number of hydrogen-bond donors (Lipinski definition) is 1. The van der Waals surface area contributed by atoms with Crippen LogP contribution in [0.3, 0.4) is 0 Å². The van der Waals surface area contributed by atoms with Gasteiger partial charge < -0.3 is 5.32 Å². The van der Waals surface area contributed by atoms with Crippen molar-refractivity contribution in [2.75, 3.05) is 5.32 Å². The van der Waals surface area contributed by atoms with Crippen LogP contribution in [-0.2, 0) is 19.6 Å². The molecule has 0 aromatic heterocycles. The Kier molecular flexibility index (Phi) is 7.55. The SMILES string of the molecule is O=C(C[C@H]1SC(=NS(=O)(=O)c2ccc(Br)cc2)N(C2CCCCC2)C1=O)Nc1ccccc1. The van der Waals surface area contributed by atoms with Gasteiger partial charge in [0.05, 0.1) is 4.90 Å². The molecule has 1 saturated carbocycles. The second kappa shape index (κ2) is 10.4. The van der Waals surface area contributed by atoms with Crippen molar-refractivity contribution in [1.82, 2.24) is 4.90 Å². The summed E-state index contributed by atoms with van der Waals surface area (Å²) in [6.07, 6.45) is 4.59. The van der Waals surface area contributed by atoms with E-state index in [1.54, 1.807) is 24.3 Å². The van der Waals surface area contributed by atoms with Crippen molar-refractivity contribution in [1.29, 1.82) is 0 Å². The predicted octanol–water partition coefficient (Wildman–Crippen LogP) is 4.80. The van der Waals surface area contributed by atoms with Crippen molar-refractivity contribution in [2.45, 2.75) is 54.7 Å². The first-order chi connectivity index (χ1) is 15.8. The van der Waals surface area contributed by atoms with Crippen molar-refractivity contribution >= 4 is 60.4 Å². The molecule has 2 fully saturated rings. The minimum atomic E-state index is -4.00. The van der Waals surface area contributed by atoms with Crippen molar-refractivity contribution in [2.24, 2.45) is 4.40 Å². The molecule has 7 nitrogen and oxygen atoms in total. The maximum absolute atomic E-state index is 13.3. The first-order valence-corrected chi connectivity index (χ1v) is 13.9. The molecule has 0 bridgehead atoms. The fourth-order valence-electron chi connectivity index (χ4n) is 4.02. The fourth-order valence-corrected chi connectivity index (χ4v) is 6.68. The van der Waals surface area contributed by atoms with Gasteiger partial charge in [-0.1, -0.05) is 65.2 Å². The van der Waals surface area contributed by atoms with Crippen LogP contribution < -0.4 is 5.32 Å². The number of nitrogens with zero attached hydrogens (tertiary/aromatic N) is 2. The average molecular weight is 551 g/mol. The molecule has 2 aliphatic rings. The Morgan fingerprint density at radius 1 is 1.06 bits per heavy atom. The maximum Gasteiger partial charge on any atom is 0.284 e. The molecule has 1 aliphatic carbocycles. The Morgan fingerprint density at radius 3 is 2.39 bits per heavy atom. The molecule has 1 aliphatic heterocycles. The Balaban J connectivity index is 1.58. The van der Waals surface area contributed by atoms with E-state index in [9.17, 15) is 18.0 Å². The topological polar surface area (TPSA) is 95.9 Å². The zero-order valence-corrected chi connectivity index (χ0v) is 21.0. The quantitative estimate of drug-likeness (QED) is 0.558. The number of hydrogen-bond acceptors (Lipinski definition) is 5. The Labute approximate surface area is 206 Å². The molecule has 174 valence electrons. The number of carbonyl (C=O) groups is 2. The average Bonchev–Trinajstić information content (AvgIpc) is 3.09. The summed E-state index contributed by atoms with van der Waals surface area (Å²) >= 11 is 4.36. The number of halogens is 1. The van der Waals surface area contributed by atoms with E-state index in [4.69, 9.17) is 0 Å². The lowest BCUT2D eigenvalue weighted by Gasteiger charge is -2.30. The highest BCUT2D eigenvalue weighted by atomic mass is 79.9. The first kappa shape index (κ1) is 24.0. The molecule has 10 heteroatoms. The second-order valence-corrected chi connectivity index (χ2v) is 11.7. The summed E-state index contributed by atoms with van der Waals surface area (Å²) < 4.78 is 30.8. The van der Waals surface area contributed by atoms with E-state index >= 15 is 0 Å². The molecular formula is C23H24BrN3O4S2. The molecular weight excluding hydrogens is 526 g/mol. The number of amides is 2. The van der Waals surface area contributed by atoms with Crippen molar-refractivity contribution in [3.63, 3.8) is 0 Å². The molecule has 1 saturated heterocycles. The van der Waals surface area contributed by atoms with Gasteiger partial charge in [-0.15, -0.1) is 4.40 Å². The summed E-state index contributed by atoms with van der Waals surface area (Å²) in [5, 5.41) is 2.24. The standard InChI is InChI=1S/C23H24BrN3O4S2/c24-16-11-13-19(14-12-16)33(30,31)26-23-27(18-9-5-2-6-10-18)22(29)20(32-23)15-21(28)25-17-7-3-1-4-8-17/h1,3-4,7-8,11-14,18,20H,2,5-6,9-10,15H2,(H,25,28)/t20-/m1/s1. The monoisotopic (exact) mass is 549 g/mol. The van der Waals surface area contributed by atoms with Crippen LogP contribution in [0, 0.1) is 0 Å². The van der Waals surface area contributed by atoms with Crippen molar-refractivity contribution in [3.8, 4) is 0 Å². The van der Waals surface area contributed by atoms with Gasteiger partial charge in [0.25, 0.3) is 10.0 Å². The predicted molar refractivity (Wildman–Crippen MR) is 134 cm³/mol. The number of thioether (sulfide) groups is 1. The number of nitrogens with one attached hydrogen (secondary N) is 1. The number of benzene rings is 2. The van der Waals surface area contributed by atoms with Gasteiger partial charge in [-0.05, 0) is 49.2 Å². The third-order valence-corrected chi connectivity index (χ3v) is 8.72. The molecule has 0 radical (unpaired) electrons. The van der Waals surface area contributed by atoms with Gasteiger partial charge in [-0.3, -0.25) is 14.5 Å². The Morgan fingerprint density at radius 2 is 1.73 bits per heavy atom. The highest BCUT2D eigenvalue weighted by molar-refractivity contribution is 9.10. The molecule has 2 aromatic carbocycles. The summed E-state index contributed by atoms with van der Waals surface area (Å²) in [5.41, 5.74) is 0.647. The first-order valence-electron chi connectivity index (χ1n) is 10.8. The smallest absolute Gasteiger partial charge is 0.284 e. The van der Waals surface area contributed by atoms with E-state index in [0.29, 0.717) is 5.69 Å². The number of carbonyl (C=O) groups excluding carboxylic acids is 2. The van der Waals surface area contributed by atoms with Gasteiger partial charge in [-0.25, -0.2) is 0 Å². The van der Waals surface area contributed by atoms with Gasteiger partial charge in [0.15, 0.2) is 5.17 Å². The van der Waals surface area contributed by atoms with E-state index in [0.717, 1.165) is 48.3 Å². The van der Waals surface area contributed by atoms with E-state index in [1.807, 2.05) is 18.2 Å². The van der Waals surface area contributed by atoms with Crippen LogP contribution in [-0.4, -0.2) is 41.6 Å². The van der Waals surface area contributed by atoms with Gasteiger partial charge in [0.1, 0.15) is 5.25 Å². The molecule has 0 spiro atoms. The van der Waals surface area contributed by atoms with E-state index < -0.39 is 15.3 Å². The van der Waals surface area contributed by atoms with Crippen LogP contribution in [0.4, 0.5) is 5.69 Å². The van der Waals surface area contributed by atoms with Crippen LogP contribution in [0.15, 0.2) is 68.4 Å². The lowest BCUT2D eigenvalue weighted by molar-refractivity contribution is -0.130. The fraction of sp³-hybridized carbons (Fsp3) is 0.348. The largest absolute Gasteiger partial charge is 0.326 e. The maximum atomic E-state index is 13.3. The van der Waals surface area contributed by atoms with Crippen LogP contribution in [0.1, 0.15) is 38.5 Å². The normalized spacial score (nSPS) is 20.9. The highest BCUT2D eigenvalue weighted by Gasteiger charge is 2.43. The third kappa shape index (κ3) is 5.85. The Hall–Kier alpha value is -2.17. The van der Waals surface area contributed by atoms with Gasteiger partial charge in [0.2, 0.25) is 11.8 Å². The molecule has 4 rings (SSSR count). The number of rotatable bonds is 6. The summed E-state index contributed by atoms with van der Waals surface area (Å²) in [6.45, 7) is 0. The van der Waals surface area contributed by atoms with Gasteiger partial charge in [-0.2, -0.15) is 8.42 Å². The molecule has 2 aromatic rings. The molecule has 1 N–H and O–H groups in total. The third-order valence-electron chi connectivity index (χ3n) is 5.64. The lowest BCUT2D eigenvalue weighted by atomic mass is 9.94. The van der Waals surface area contributed by atoms with E-state index in [-0.39, 0.29) is 34.3 Å². The summed E-state index contributed by atoms with van der Waals surface area (Å²) in [6, 6.07) is 15.1. The second-order valence-electron chi connectivity index (χ2n) is 8.03. The zero-order chi connectivity index (χ0) is 23.4. The van der Waals surface area contributed by atoms with E-state index in [1.165, 1.54) is 17.0 Å². The van der Waals surface area contributed by atoms with Crippen molar-refractivity contribution < 1.29 is 18.0 Å². The summed E-state index contributed by atoms with van der Waals surface area (Å²) in [5.74, 6) is -0.549. The number of para-hydroxylation sites is 1. The minimum absolute atomic E-state index is 0.0557. The van der Waals surface area contributed by atoms with Crippen LogP contribution in [0.2, 0.25) is 0 Å². The van der Waals surface area contributed by atoms with Crippen LogP contribution in [0.5, 0.6) is 0 Å². The number of sulfonamides is 1. The number of anilines is 1. The highest BCUT2D eigenvalue weighted by Crippen LogP contribution is 2.36. The van der Waals surface area contributed by atoms with Crippen molar-refractivity contribution in [3.05, 3.63) is 59.1 Å². The molecule has 1 atom stereocenters. The zero-order valence-electron chi connectivity index (χ0n) is 17.8. The molecule has 33 heavy (non-hydrogen) atoms. The Bertz CT molecular complexity index is 1150. The van der Waals surface area contributed by atoms with E-state index in [2.05, 4.69) is 25.6 Å². The lowest BCUT2D eigenvalue weighted by Crippen LogP contribution is -2.42. The molecule has 0 unspecified atom stereocenters.